The van der Waals surface area contributed by atoms with Crippen LogP contribution in [0.2, 0.25) is 0 Å². The Morgan fingerprint density at radius 3 is 1.95 bits per heavy atom. The SMILES string of the molecule is N/C(=N\Cl)NC(=O)OC(c1ccccc1)c1ccccc1. The van der Waals surface area contributed by atoms with Crippen molar-refractivity contribution in [3.05, 3.63) is 71.8 Å². The molecular weight excluding hydrogens is 290 g/mol. The summed E-state index contributed by atoms with van der Waals surface area (Å²) >= 11 is 5.16. The van der Waals surface area contributed by atoms with E-state index in [9.17, 15) is 4.79 Å². The van der Waals surface area contributed by atoms with Crippen LogP contribution in [0, 0.1) is 0 Å². The lowest BCUT2D eigenvalue weighted by atomic mass is 10.0. The molecule has 108 valence electrons. The Hall–Kier alpha value is -2.53. The highest BCUT2D eigenvalue weighted by atomic mass is 35.5. The zero-order valence-electron chi connectivity index (χ0n) is 11.1. The van der Waals surface area contributed by atoms with Gasteiger partial charge < -0.3 is 10.5 Å². The van der Waals surface area contributed by atoms with Crippen LogP contribution < -0.4 is 11.1 Å². The second-order valence-corrected chi connectivity index (χ2v) is 4.37. The molecule has 0 aliphatic carbocycles. The molecule has 6 heteroatoms. The van der Waals surface area contributed by atoms with E-state index in [1.807, 2.05) is 60.7 Å². The summed E-state index contributed by atoms with van der Waals surface area (Å²) in [6, 6.07) is 18.8. The molecule has 0 saturated heterocycles. The maximum atomic E-state index is 11.8. The molecule has 0 aliphatic heterocycles. The molecule has 0 fully saturated rings. The van der Waals surface area contributed by atoms with Crippen LogP contribution in [0.5, 0.6) is 0 Å². The molecule has 0 bridgehead atoms. The third kappa shape index (κ3) is 4.22. The number of carbonyl (C=O) groups is 1. The number of nitrogens with one attached hydrogen (secondary N) is 1. The standard InChI is InChI=1S/C15H14ClN3O2/c16-19-14(17)18-15(20)21-13(11-7-3-1-4-8-11)12-9-5-2-6-10-12/h1-10,13H,(H3,17,18,19,20). The summed E-state index contributed by atoms with van der Waals surface area (Å²) in [7, 11) is 0. The number of nitrogens with two attached hydrogens (primary N) is 1. The lowest BCUT2D eigenvalue weighted by Gasteiger charge is -2.18. The van der Waals surface area contributed by atoms with Gasteiger partial charge in [0.2, 0.25) is 5.96 Å². The Balaban J connectivity index is 2.23. The summed E-state index contributed by atoms with van der Waals surface area (Å²) in [4.78, 5) is 11.8. The van der Waals surface area contributed by atoms with E-state index in [2.05, 4.69) is 9.83 Å². The number of guanidine groups is 1. The molecule has 0 aromatic heterocycles. The molecule has 0 heterocycles. The lowest BCUT2D eigenvalue weighted by molar-refractivity contribution is 0.121. The predicted octanol–water partition coefficient (Wildman–Crippen LogP) is 2.97. The van der Waals surface area contributed by atoms with Crippen molar-refractivity contribution in [2.24, 2.45) is 10.2 Å². The number of alkyl carbamates (subject to hydrolysis) is 1. The van der Waals surface area contributed by atoms with E-state index in [-0.39, 0.29) is 5.96 Å². The lowest BCUT2D eigenvalue weighted by Crippen LogP contribution is -2.37. The summed E-state index contributed by atoms with van der Waals surface area (Å²) in [5.74, 6) is -0.221. The molecular formula is C15H14ClN3O2. The van der Waals surface area contributed by atoms with Crippen molar-refractivity contribution in [3.63, 3.8) is 0 Å². The number of rotatable bonds is 3. The number of carbonyl (C=O) groups excluding carboxylic acids is 1. The van der Waals surface area contributed by atoms with Crippen LogP contribution >= 0.6 is 11.8 Å². The van der Waals surface area contributed by atoms with E-state index >= 15 is 0 Å². The van der Waals surface area contributed by atoms with Crippen molar-refractivity contribution in [1.82, 2.24) is 5.32 Å². The van der Waals surface area contributed by atoms with E-state index in [4.69, 9.17) is 22.2 Å². The van der Waals surface area contributed by atoms with Gasteiger partial charge in [0, 0.05) is 11.8 Å². The van der Waals surface area contributed by atoms with Crippen LogP contribution in [0.15, 0.2) is 65.2 Å². The molecule has 0 saturated carbocycles. The topological polar surface area (TPSA) is 76.7 Å². The quantitative estimate of drug-likeness (QED) is 0.676. The molecule has 5 nitrogen and oxygen atoms in total. The summed E-state index contributed by atoms with van der Waals surface area (Å²) < 4.78 is 8.56. The third-order valence-electron chi connectivity index (χ3n) is 2.75. The summed E-state index contributed by atoms with van der Waals surface area (Å²) in [5.41, 5.74) is 7.03. The van der Waals surface area contributed by atoms with Crippen molar-refractivity contribution in [1.29, 1.82) is 0 Å². The summed E-state index contributed by atoms with van der Waals surface area (Å²) in [5, 5.41) is 2.23. The first-order chi connectivity index (χ1) is 10.2. The zero-order valence-corrected chi connectivity index (χ0v) is 11.8. The summed E-state index contributed by atoms with van der Waals surface area (Å²) in [6.07, 6.45) is -1.27. The van der Waals surface area contributed by atoms with Crippen LogP contribution in [-0.4, -0.2) is 12.1 Å². The minimum atomic E-state index is -0.727. The van der Waals surface area contributed by atoms with Gasteiger partial charge in [0.15, 0.2) is 6.10 Å². The highest BCUT2D eigenvalue weighted by Crippen LogP contribution is 2.25. The molecule has 2 rings (SSSR count). The van der Waals surface area contributed by atoms with Gasteiger partial charge in [0.05, 0.1) is 0 Å². The van der Waals surface area contributed by atoms with Crippen molar-refractivity contribution >= 4 is 23.8 Å². The largest absolute Gasteiger partial charge is 0.436 e. The van der Waals surface area contributed by atoms with Gasteiger partial charge in [0.1, 0.15) is 0 Å². The maximum Gasteiger partial charge on any atom is 0.414 e. The van der Waals surface area contributed by atoms with Gasteiger partial charge in [0.25, 0.3) is 0 Å². The smallest absolute Gasteiger partial charge is 0.414 e. The third-order valence-corrected chi connectivity index (χ3v) is 2.93. The number of hydrogen-bond acceptors (Lipinski definition) is 3. The first-order valence-corrected chi connectivity index (χ1v) is 6.56. The Labute approximate surface area is 127 Å². The highest BCUT2D eigenvalue weighted by Gasteiger charge is 2.19. The van der Waals surface area contributed by atoms with Crippen molar-refractivity contribution in [3.8, 4) is 0 Å². The second kappa shape index (κ2) is 7.31. The number of ether oxygens (including phenoxy) is 1. The van der Waals surface area contributed by atoms with Crippen molar-refractivity contribution in [2.75, 3.05) is 0 Å². The van der Waals surface area contributed by atoms with Crippen LogP contribution in [0.1, 0.15) is 17.2 Å². The Bertz CT molecular complexity index is 578. The van der Waals surface area contributed by atoms with E-state index in [0.717, 1.165) is 11.1 Å². The van der Waals surface area contributed by atoms with Gasteiger partial charge in [-0.1, -0.05) is 60.7 Å². The Morgan fingerprint density at radius 1 is 1.05 bits per heavy atom. The van der Waals surface area contributed by atoms with Gasteiger partial charge in [-0.25, -0.2) is 4.79 Å². The molecule has 1 amide bonds. The predicted molar refractivity (Wildman–Crippen MR) is 81.8 cm³/mol. The number of halogens is 1. The van der Waals surface area contributed by atoms with E-state index in [1.54, 1.807) is 0 Å². The number of benzene rings is 2. The van der Waals surface area contributed by atoms with E-state index in [1.165, 1.54) is 0 Å². The molecule has 0 spiro atoms. The average Bonchev–Trinajstić information content (AvgIpc) is 2.54. The van der Waals surface area contributed by atoms with Gasteiger partial charge in [-0.05, 0) is 11.1 Å². The minimum Gasteiger partial charge on any atom is -0.436 e. The molecule has 21 heavy (non-hydrogen) atoms. The minimum absolute atomic E-state index is 0.221. The van der Waals surface area contributed by atoms with Crippen LogP contribution in [0.4, 0.5) is 4.79 Å². The molecule has 3 N–H and O–H groups in total. The van der Waals surface area contributed by atoms with Gasteiger partial charge in [-0.3, -0.25) is 5.32 Å². The zero-order chi connectivity index (χ0) is 15.1. The molecule has 0 atom stereocenters. The van der Waals surface area contributed by atoms with Crippen LogP contribution in [0.3, 0.4) is 0 Å². The second-order valence-electron chi connectivity index (χ2n) is 4.20. The molecule has 2 aromatic rings. The fraction of sp³-hybridized carbons (Fsp3) is 0.0667. The van der Waals surface area contributed by atoms with Crippen LogP contribution in [0.25, 0.3) is 0 Å². The van der Waals surface area contributed by atoms with Crippen molar-refractivity contribution < 1.29 is 9.53 Å². The van der Waals surface area contributed by atoms with E-state index in [0.29, 0.717) is 0 Å². The first-order valence-electron chi connectivity index (χ1n) is 6.22. The van der Waals surface area contributed by atoms with Crippen molar-refractivity contribution in [2.45, 2.75) is 6.10 Å². The van der Waals surface area contributed by atoms with Crippen LogP contribution in [-0.2, 0) is 4.74 Å². The first kappa shape index (κ1) is 14.9. The average molecular weight is 304 g/mol. The highest BCUT2D eigenvalue weighted by molar-refractivity contribution is 6.20. The number of hydrogen-bond donors (Lipinski definition) is 2. The molecule has 0 aliphatic rings. The Morgan fingerprint density at radius 2 is 1.52 bits per heavy atom. The molecule has 0 unspecified atom stereocenters. The Kier molecular flexibility index (Phi) is 5.17. The van der Waals surface area contributed by atoms with E-state index < -0.39 is 12.2 Å². The number of nitrogens with zero attached hydrogens (tertiary/aromatic N) is 1. The maximum absolute atomic E-state index is 11.8. The normalized spacial score (nSPS) is 11.2. The molecule has 2 aromatic carbocycles. The fourth-order valence-electron chi connectivity index (χ4n) is 1.85. The van der Waals surface area contributed by atoms with Gasteiger partial charge >= 0.3 is 6.09 Å². The monoisotopic (exact) mass is 303 g/mol. The summed E-state index contributed by atoms with van der Waals surface area (Å²) in [6.45, 7) is 0. The van der Waals surface area contributed by atoms with Gasteiger partial charge in [-0.2, -0.15) is 0 Å². The number of amides is 1. The molecule has 0 radical (unpaired) electrons. The van der Waals surface area contributed by atoms with Gasteiger partial charge in [-0.15, -0.1) is 4.51 Å². The fourth-order valence-corrected chi connectivity index (χ4v) is 1.89.